The molecule has 2 aliphatic carbocycles. The van der Waals surface area contributed by atoms with Crippen LogP contribution in [-0.4, -0.2) is 63.2 Å². The molecule has 1 aliphatic heterocycles. The zero-order valence-corrected chi connectivity index (χ0v) is 20.7. The number of piperidine rings is 1. The van der Waals surface area contributed by atoms with E-state index in [1.807, 2.05) is 0 Å². The molecular formula is C28H41N3O2. The van der Waals surface area contributed by atoms with Crippen LogP contribution in [0.4, 0.5) is 0 Å². The number of benzene rings is 1. The Bertz CT molecular complexity index is 990. The SMILES string of the molecule is CCCN(C(=O)[C@@H]1C[C@@H]2c3cccc4c3c(cn4C)C[C@H]2N(CCC)C1)C1CCC(O)CC1. The van der Waals surface area contributed by atoms with Crippen molar-refractivity contribution in [2.45, 2.75) is 89.3 Å². The highest BCUT2D eigenvalue weighted by Gasteiger charge is 2.44. The smallest absolute Gasteiger partial charge is 0.227 e. The second-order valence-electron chi connectivity index (χ2n) is 10.8. The third-order valence-corrected chi connectivity index (χ3v) is 8.60. The molecule has 5 rings (SSSR count). The van der Waals surface area contributed by atoms with Crippen molar-refractivity contribution in [2.24, 2.45) is 13.0 Å². The Kier molecular flexibility index (Phi) is 6.54. The lowest BCUT2D eigenvalue weighted by atomic mass is 9.72. The summed E-state index contributed by atoms with van der Waals surface area (Å²) in [5, 5.41) is 11.4. The maximum absolute atomic E-state index is 14.0. The van der Waals surface area contributed by atoms with Crippen molar-refractivity contribution in [3.63, 3.8) is 0 Å². The van der Waals surface area contributed by atoms with E-state index in [1.165, 1.54) is 22.0 Å². The van der Waals surface area contributed by atoms with Crippen LogP contribution in [0.25, 0.3) is 10.9 Å². The van der Waals surface area contributed by atoms with E-state index in [0.29, 0.717) is 23.9 Å². The molecule has 5 heteroatoms. The molecule has 5 nitrogen and oxygen atoms in total. The zero-order chi connectivity index (χ0) is 23.1. The number of amides is 1. The highest BCUT2D eigenvalue weighted by atomic mass is 16.3. The van der Waals surface area contributed by atoms with Gasteiger partial charge in [0.1, 0.15) is 0 Å². The number of hydrogen-bond donors (Lipinski definition) is 1. The molecule has 180 valence electrons. The van der Waals surface area contributed by atoms with Gasteiger partial charge in [-0.1, -0.05) is 26.0 Å². The fourth-order valence-electron chi connectivity index (χ4n) is 7.12. The lowest BCUT2D eigenvalue weighted by Crippen LogP contribution is -2.55. The largest absolute Gasteiger partial charge is 0.393 e. The average molecular weight is 452 g/mol. The number of nitrogens with zero attached hydrogens (tertiary/aromatic N) is 3. The normalized spacial score (nSPS) is 29.8. The van der Waals surface area contributed by atoms with Crippen LogP contribution in [0.2, 0.25) is 0 Å². The quantitative estimate of drug-likeness (QED) is 0.705. The first-order valence-electron chi connectivity index (χ1n) is 13.3. The second-order valence-corrected chi connectivity index (χ2v) is 10.8. The topological polar surface area (TPSA) is 48.7 Å². The number of aliphatic hydroxyl groups is 1. The summed E-state index contributed by atoms with van der Waals surface area (Å²) in [6.45, 7) is 7.23. The van der Waals surface area contributed by atoms with E-state index in [0.717, 1.165) is 71.0 Å². The highest BCUT2D eigenvalue weighted by Crippen LogP contribution is 2.45. The lowest BCUT2D eigenvalue weighted by Gasteiger charge is -2.48. The van der Waals surface area contributed by atoms with Crippen LogP contribution >= 0.6 is 0 Å². The molecule has 2 fully saturated rings. The summed E-state index contributed by atoms with van der Waals surface area (Å²) >= 11 is 0. The van der Waals surface area contributed by atoms with Crippen molar-refractivity contribution >= 4 is 16.8 Å². The molecule has 2 heterocycles. The number of carbonyl (C=O) groups is 1. The summed E-state index contributed by atoms with van der Waals surface area (Å²) in [4.78, 5) is 18.9. The molecule has 1 amide bonds. The molecule has 1 N–H and O–H groups in total. The molecular weight excluding hydrogens is 410 g/mol. The number of aromatic nitrogens is 1. The van der Waals surface area contributed by atoms with Crippen molar-refractivity contribution < 1.29 is 9.90 Å². The summed E-state index contributed by atoms with van der Waals surface area (Å²) in [6.07, 6.45) is 9.86. The zero-order valence-electron chi connectivity index (χ0n) is 20.7. The monoisotopic (exact) mass is 451 g/mol. The van der Waals surface area contributed by atoms with Gasteiger partial charge in [-0.3, -0.25) is 9.69 Å². The van der Waals surface area contributed by atoms with Crippen molar-refractivity contribution in [1.82, 2.24) is 14.4 Å². The fraction of sp³-hybridized carbons (Fsp3) is 0.679. The van der Waals surface area contributed by atoms with E-state index in [2.05, 4.69) is 59.7 Å². The van der Waals surface area contributed by atoms with E-state index in [1.54, 1.807) is 0 Å². The minimum absolute atomic E-state index is 0.0664. The van der Waals surface area contributed by atoms with Crippen molar-refractivity contribution in [1.29, 1.82) is 0 Å². The predicted octanol–water partition coefficient (Wildman–Crippen LogP) is 4.46. The summed E-state index contributed by atoms with van der Waals surface area (Å²) in [5.41, 5.74) is 4.26. The second kappa shape index (κ2) is 9.42. The molecule has 1 aromatic heterocycles. The van der Waals surface area contributed by atoms with Gasteiger partial charge in [-0.2, -0.15) is 0 Å². The molecule has 1 saturated heterocycles. The number of fused-ring (bicyclic) bond motifs is 2. The van der Waals surface area contributed by atoms with Crippen LogP contribution < -0.4 is 0 Å². The van der Waals surface area contributed by atoms with Crippen LogP contribution in [0.3, 0.4) is 0 Å². The Morgan fingerprint density at radius 1 is 1.15 bits per heavy atom. The summed E-state index contributed by atoms with van der Waals surface area (Å²) < 4.78 is 2.28. The fourth-order valence-corrected chi connectivity index (χ4v) is 7.12. The van der Waals surface area contributed by atoms with Gasteiger partial charge >= 0.3 is 0 Å². The number of rotatable bonds is 6. The molecule has 33 heavy (non-hydrogen) atoms. The van der Waals surface area contributed by atoms with Gasteiger partial charge < -0.3 is 14.6 Å². The Morgan fingerprint density at radius 3 is 2.67 bits per heavy atom. The standard InChI is InChI=1S/C28H41N3O2/c1-4-13-30-18-20(28(33)31(14-5-2)21-9-11-22(32)12-10-21)15-24-23-7-6-8-25-27(23)19(16-26(24)30)17-29(25)3/h6-8,17,20-22,24,26,32H,4-5,9-16,18H2,1-3H3/t20-,21?,22?,24-,26-/m1/s1. The third kappa shape index (κ3) is 4.12. The van der Waals surface area contributed by atoms with E-state index in [4.69, 9.17) is 0 Å². The van der Waals surface area contributed by atoms with Crippen LogP contribution in [0.5, 0.6) is 0 Å². The summed E-state index contributed by atoms with van der Waals surface area (Å²) in [5.74, 6) is 0.857. The average Bonchev–Trinajstić information content (AvgIpc) is 3.15. The molecule has 2 aromatic rings. The Morgan fingerprint density at radius 2 is 1.94 bits per heavy atom. The number of likely N-dealkylation sites (tertiary alicyclic amines) is 1. The number of hydrogen-bond acceptors (Lipinski definition) is 3. The molecule has 3 atom stereocenters. The summed E-state index contributed by atoms with van der Waals surface area (Å²) in [7, 11) is 2.16. The van der Waals surface area contributed by atoms with Crippen LogP contribution in [0, 0.1) is 5.92 Å². The van der Waals surface area contributed by atoms with Crippen molar-refractivity contribution in [3.8, 4) is 0 Å². The maximum Gasteiger partial charge on any atom is 0.227 e. The van der Waals surface area contributed by atoms with Gasteiger partial charge in [0.2, 0.25) is 5.91 Å². The molecule has 1 saturated carbocycles. The van der Waals surface area contributed by atoms with E-state index in [9.17, 15) is 9.90 Å². The maximum atomic E-state index is 14.0. The summed E-state index contributed by atoms with van der Waals surface area (Å²) in [6, 6.07) is 7.56. The van der Waals surface area contributed by atoms with Crippen LogP contribution in [0.1, 0.15) is 75.8 Å². The lowest BCUT2D eigenvalue weighted by molar-refractivity contribution is -0.142. The first-order valence-corrected chi connectivity index (χ1v) is 13.3. The minimum atomic E-state index is -0.182. The van der Waals surface area contributed by atoms with Gasteiger partial charge in [-0.05, 0) is 75.1 Å². The third-order valence-electron chi connectivity index (χ3n) is 8.60. The van der Waals surface area contributed by atoms with Crippen LogP contribution in [0.15, 0.2) is 24.4 Å². The molecule has 0 unspecified atom stereocenters. The first-order chi connectivity index (χ1) is 16.0. The molecule has 0 radical (unpaired) electrons. The van der Waals surface area contributed by atoms with Gasteiger partial charge in [-0.15, -0.1) is 0 Å². The number of carbonyl (C=O) groups excluding carboxylic acids is 1. The highest BCUT2D eigenvalue weighted by molar-refractivity contribution is 5.89. The Hall–Kier alpha value is -1.85. The van der Waals surface area contributed by atoms with Crippen molar-refractivity contribution in [3.05, 3.63) is 35.5 Å². The molecule has 0 spiro atoms. The minimum Gasteiger partial charge on any atom is -0.393 e. The van der Waals surface area contributed by atoms with Gasteiger partial charge in [-0.25, -0.2) is 0 Å². The van der Waals surface area contributed by atoms with E-state index < -0.39 is 0 Å². The van der Waals surface area contributed by atoms with Gasteiger partial charge in [0.25, 0.3) is 0 Å². The number of aliphatic hydroxyl groups excluding tert-OH is 1. The van der Waals surface area contributed by atoms with E-state index in [-0.39, 0.29) is 12.0 Å². The molecule has 3 aliphatic rings. The predicted molar refractivity (Wildman–Crippen MR) is 133 cm³/mol. The molecule has 0 bridgehead atoms. The van der Waals surface area contributed by atoms with Gasteiger partial charge in [0.05, 0.1) is 12.0 Å². The van der Waals surface area contributed by atoms with Gasteiger partial charge in [0, 0.05) is 55.2 Å². The van der Waals surface area contributed by atoms with Crippen molar-refractivity contribution in [2.75, 3.05) is 19.6 Å². The molecule has 1 aromatic carbocycles. The first kappa shape index (κ1) is 22.9. The van der Waals surface area contributed by atoms with E-state index >= 15 is 0 Å². The Balaban J connectivity index is 1.45. The Labute approximate surface area is 198 Å². The van der Waals surface area contributed by atoms with Gasteiger partial charge in [0.15, 0.2) is 0 Å². The van der Waals surface area contributed by atoms with Crippen LogP contribution in [-0.2, 0) is 18.3 Å². The number of aryl methyl sites for hydroxylation is 1.